The summed E-state index contributed by atoms with van der Waals surface area (Å²) in [7, 11) is 5.38. The predicted molar refractivity (Wildman–Crippen MR) is 70.1 cm³/mol. The van der Waals surface area contributed by atoms with E-state index in [-0.39, 0.29) is 6.61 Å². The van der Waals surface area contributed by atoms with Crippen molar-refractivity contribution in [1.29, 1.82) is 0 Å². The van der Waals surface area contributed by atoms with E-state index in [4.69, 9.17) is 9.47 Å². The van der Waals surface area contributed by atoms with Gasteiger partial charge in [-0.05, 0) is 37.1 Å². The SMILES string of the molecule is COc1ccc(C2CC(CO)CN2C)cc1OC. The van der Waals surface area contributed by atoms with Crippen molar-refractivity contribution in [3.05, 3.63) is 23.8 Å². The third-order valence-corrected chi connectivity index (χ3v) is 3.69. The standard InChI is InChI=1S/C14H21NO3/c1-15-8-10(9-16)6-12(15)11-4-5-13(17-2)14(7-11)18-3/h4-5,7,10,12,16H,6,8-9H2,1-3H3. The highest BCUT2D eigenvalue weighted by atomic mass is 16.5. The Morgan fingerprint density at radius 1 is 1.28 bits per heavy atom. The van der Waals surface area contributed by atoms with Crippen LogP contribution in [-0.4, -0.2) is 44.4 Å². The summed E-state index contributed by atoms with van der Waals surface area (Å²) >= 11 is 0. The minimum Gasteiger partial charge on any atom is -0.493 e. The molecule has 0 saturated carbocycles. The smallest absolute Gasteiger partial charge is 0.161 e. The molecule has 100 valence electrons. The van der Waals surface area contributed by atoms with Gasteiger partial charge >= 0.3 is 0 Å². The Hall–Kier alpha value is -1.26. The largest absolute Gasteiger partial charge is 0.493 e. The first kappa shape index (κ1) is 13.2. The lowest BCUT2D eigenvalue weighted by Crippen LogP contribution is -2.19. The van der Waals surface area contributed by atoms with E-state index in [2.05, 4.69) is 18.0 Å². The van der Waals surface area contributed by atoms with Crippen molar-refractivity contribution in [2.75, 3.05) is 34.4 Å². The first-order valence-corrected chi connectivity index (χ1v) is 6.22. The van der Waals surface area contributed by atoms with Gasteiger partial charge in [0.25, 0.3) is 0 Å². The van der Waals surface area contributed by atoms with Gasteiger partial charge in [0.15, 0.2) is 11.5 Å². The van der Waals surface area contributed by atoms with Gasteiger partial charge in [-0.1, -0.05) is 6.07 Å². The van der Waals surface area contributed by atoms with Gasteiger partial charge in [-0.3, -0.25) is 4.90 Å². The van der Waals surface area contributed by atoms with E-state index in [1.54, 1.807) is 14.2 Å². The Balaban J connectivity index is 2.23. The number of hydrogen-bond acceptors (Lipinski definition) is 4. The monoisotopic (exact) mass is 251 g/mol. The summed E-state index contributed by atoms with van der Waals surface area (Å²) in [5, 5.41) is 9.26. The highest BCUT2D eigenvalue weighted by Gasteiger charge is 2.30. The summed E-state index contributed by atoms with van der Waals surface area (Å²) in [6.45, 7) is 1.20. The molecule has 18 heavy (non-hydrogen) atoms. The van der Waals surface area contributed by atoms with Gasteiger partial charge in [-0.2, -0.15) is 0 Å². The van der Waals surface area contributed by atoms with Gasteiger partial charge in [-0.25, -0.2) is 0 Å². The third-order valence-electron chi connectivity index (χ3n) is 3.69. The van der Waals surface area contributed by atoms with Crippen molar-refractivity contribution in [3.8, 4) is 11.5 Å². The second-order valence-corrected chi connectivity index (χ2v) is 4.85. The normalized spacial score (nSPS) is 24.2. The minimum atomic E-state index is 0.258. The zero-order chi connectivity index (χ0) is 13.1. The number of nitrogens with zero attached hydrogens (tertiary/aromatic N) is 1. The number of likely N-dealkylation sites (tertiary alicyclic amines) is 1. The van der Waals surface area contributed by atoms with Crippen LogP contribution < -0.4 is 9.47 Å². The fourth-order valence-electron chi connectivity index (χ4n) is 2.69. The van der Waals surface area contributed by atoms with E-state index in [0.717, 1.165) is 24.5 Å². The van der Waals surface area contributed by atoms with Gasteiger partial charge in [0.05, 0.1) is 14.2 Å². The fraction of sp³-hybridized carbons (Fsp3) is 0.571. The summed E-state index contributed by atoms with van der Waals surface area (Å²) in [5.74, 6) is 1.88. The molecule has 1 fully saturated rings. The lowest BCUT2D eigenvalue weighted by Gasteiger charge is -2.20. The Morgan fingerprint density at radius 3 is 2.56 bits per heavy atom. The van der Waals surface area contributed by atoms with Crippen molar-refractivity contribution >= 4 is 0 Å². The van der Waals surface area contributed by atoms with Crippen LogP contribution in [0.2, 0.25) is 0 Å². The molecule has 1 aromatic rings. The number of rotatable bonds is 4. The molecule has 1 N–H and O–H groups in total. The Labute approximate surface area is 108 Å². The van der Waals surface area contributed by atoms with Crippen LogP contribution in [0.4, 0.5) is 0 Å². The summed E-state index contributed by atoms with van der Waals surface area (Å²) in [5.41, 5.74) is 1.21. The lowest BCUT2D eigenvalue weighted by atomic mass is 10.00. The van der Waals surface area contributed by atoms with E-state index in [0.29, 0.717) is 12.0 Å². The molecular formula is C14H21NO3. The van der Waals surface area contributed by atoms with E-state index in [1.165, 1.54) is 5.56 Å². The van der Waals surface area contributed by atoms with Crippen molar-refractivity contribution in [2.45, 2.75) is 12.5 Å². The van der Waals surface area contributed by atoms with Crippen molar-refractivity contribution in [3.63, 3.8) is 0 Å². The second-order valence-electron chi connectivity index (χ2n) is 4.85. The first-order chi connectivity index (χ1) is 8.69. The predicted octanol–water partition coefficient (Wildman–Crippen LogP) is 1.69. The Kier molecular flexibility index (Phi) is 4.09. The molecule has 0 aliphatic carbocycles. The molecule has 0 bridgehead atoms. The average Bonchev–Trinajstić information content (AvgIpc) is 2.79. The Bertz CT molecular complexity index is 408. The van der Waals surface area contributed by atoms with E-state index in [9.17, 15) is 5.11 Å². The zero-order valence-electron chi connectivity index (χ0n) is 11.2. The highest BCUT2D eigenvalue weighted by Crippen LogP contribution is 2.37. The third kappa shape index (κ3) is 2.44. The molecule has 1 aromatic carbocycles. The molecule has 2 unspecified atom stereocenters. The van der Waals surface area contributed by atoms with Crippen LogP contribution in [0.25, 0.3) is 0 Å². The molecule has 0 spiro atoms. The van der Waals surface area contributed by atoms with Gasteiger partial charge < -0.3 is 14.6 Å². The number of aliphatic hydroxyl groups excluding tert-OH is 1. The maximum absolute atomic E-state index is 9.26. The number of aliphatic hydroxyl groups is 1. The van der Waals surface area contributed by atoms with Gasteiger partial charge in [-0.15, -0.1) is 0 Å². The van der Waals surface area contributed by atoms with Crippen LogP contribution >= 0.6 is 0 Å². The molecule has 0 aromatic heterocycles. The van der Waals surface area contributed by atoms with E-state index < -0.39 is 0 Å². The number of hydrogen-bond donors (Lipinski definition) is 1. The summed E-state index contributed by atoms with van der Waals surface area (Å²) in [6, 6.07) is 6.39. The lowest BCUT2D eigenvalue weighted by molar-refractivity contribution is 0.227. The summed E-state index contributed by atoms with van der Waals surface area (Å²) < 4.78 is 10.6. The Morgan fingerprint density at radius 2 is 2.00 bits per heavy atom. The van der Waals surface area contributed by atoms with Crippen molar-refractivity contribution in [1.82, 2.24) is 4.90 Å². The molecule has 4 heteroatoms. The molecule has 1 aliphatic heterocycles. The maximum Gasteiger partial charge on any atom is 0.161 e. The second kappa shape index (κ2) is 5.59. The summed E-state index contributed by atoms with van der Waals surface area (Å²) in [6.07, 6.45) is 0.989. The van der Waals surface area contributed by atoms with Gasteiger partial charge in [0.1, 0.15) is 0 Å². The topological polar surface area (TPSA) is 41.9 Å². The van der Waals surface area contributed by atoms with Crippen LogP contribution in [0.15, 0.2) is 18.2 Å². The minimum absolute atomic E-state index is 0.258. The molecule has 1 heterocycles. The van der Waals surface area contributed by atoms with Crippen LogP contribution in [-0.2, 0) is 0 Å². The number of methoxy groups -OCH3 is 2. The number of ether oxygens (including phenoxy) is 2. The molecule has 2 atom stereocenters. The molecule has 1 saturated heterocycles. The van der Waals surface area contributed by atoms with Gasteiger partial charge in [0, 0.05) is 19.2 Å². The van der Waals surface area contributed by atoms with Gasteiger partial charge in [0.2, 0.25) is 0 Å². The van der Waals surface area contributed by atoms with Crippen LogP contribution in [0.5, 0.6) is 11.5 Å². The fourth-order valence-corrected chi connectivity index (χ4v) is 2.69. The summed E-state index contributed by atoms with van der Waals surface area (Å²) in [4.78, 5) is 2.28. The molecule has 0 radical (unpaired) electrons. The molecule has 1 aliphatic rings. The van der Waals surface area contributed by atoms with E-state index >= 15 is 0 Å². The van der Waals surface area contributed by atoms with Crippen LogP contribution in [0, 0.1) is 5.92 Å². The van der Waals surface area contributed by atoms with Crippen LogP contribution in [0.3, 0.4) is 0 Å². The molecular weight excluding hydrogens is 230 g/mol. The molecule has 2 rings (SSSR count). The van der Waals surface area contributed by atoms with Crippen molar-refractivity contribution in [2.24, 2.45) is 5.92 Å². The average molecular weight is 251 g/mol. The maximum atomic E-state index is 9.26. The highest BCUT2D eigenvalue weighted by molar-refractivity contribution is 5.44. The van der Waals surface area contributed by atoms with Crippen molar-refractivity contribution < 1.29 is 14.6 Å². The quantitative estimate of drug-likeness (QED) is 0.884. The molecule has 0 amide bonds. The number of benzene rings is 1. The van der Waals surface area contributed by atoms with Crippen LogP contribution in [0.1, 0.15) is 18.0 Å². The van der Waals surface area contributed by atoms with E-state index in [1.807, 2.05) is 12.1 Å². The first-order valence-electron chi connectivity index (χ1n) is 6.22. The molecule has 4 nitrogen and oxygen atoms in total. The zero-order valence-corrected chi connectivity index (χ0v) is 11.2.